The highest BCUT2D eigenvalue weighted by atomic mass is 32.2. The summed E-state index contributed by atoms with van der Waals surface area (Å²) >= 11 is 1.88. The van der Waals surface area contributed by atoms with Crippen LogP contribution in [0.25, 0.3) is 54.9 Å². The number of benzene rings is 8. The van der Waals surface area contributed by atoms with Crippen LogP contribution in [0.3, 0.4) is 0 Å². The Hall–Kier alpha value is -5.37. The predicted octanol–water partition coefficient (Wildman–Crippen LogP) is 12.2. The Morgan fingerprint density at radius 3 is 1.91 bits per heavy atom. The molecule has 0 nitrogen and oxygen atoms in total. The van der Waals surface area contributed by atoms with Gasteiger partial charge in [-0.2, -0.15) is 0 Å². The summed E-state index contributed by atoms with van der Waals surface area (Å²) in [5, 5.41) is 5.22. The molecule has 1 heterocycles. The third-order valence-electron chi connectivity index (χ3n) is 10.1. The van der Waals surface area contributed by atoms with E-state index in [4.69, 9.17) is 0 Å². The van der Waals surface area contributed by atoms with Crippen molar-refractivity contribution in [2.24, 2.45) is 0 Å². The van der Waals surface area contributed by atoms with Crippen molar-refractivity contribution in [3.05, 3.63) is 192 Å². The van der Waals surface area contributed by atoms with Crippen molar-refractivity contribution >= 4 is 33.3 Å². The number of fused-ring (bicyclic) bond motifs is 7. The van der Waals surface area contributed by atoms with Gasteiger partial charge in [0.15, 0.2) is 0 Å². The molecule has 1 unspecified atom stereocenters. The van der Waals surface area contributed by atoms with Crippen molar-refractivity contribution in [3.8, 4) is 33.4 Å². The summed E-state index contributed by atoms with van der Waals surface area (Å²) in [5.74, 6) is 0. The van der Waals surface area contributed by atoms with Crippen molar-refractivity contribution in [3.63, 3.8) is 0 Å². The van der Waals surface area contributed by atoms with Crippen LogP contribution in [0.15, 0.2) is 180 Å². The van der Waals surface area contributed by atoms with E-state index in [1.165, 1.54) is 87.0 Å². The summed E-state index contributed by atoms with van der Waals surface area (Å²) in [6.45, 7) is 0. The van der Waals surface area contributed by atoms with Gasteiger partial charge in [-0.15, -0.1) is 0 Å². The molecule has 214 valence electrons. The Kier molecular flexibility index (Phi) is 5.53. The molecule has 8 aromatic rings. The molecule has 46 heavy (non-hydrogen) atoms. The minimum atomic E-state index is -0.490. The Balaban J connectivity index is 1.34. The minimum absolute atomic E-state index is 0.490. The summed E-state index contributed by atoms with van der Waals surface area (Å²) in [5.41, 5.74) is 12.6. The van der Waals surface area contributed by atoms with Crippen LogP contribution in [0.2, 0.25) is 0 Å². The molecule has 0 amide bonds. The Morgan fingerprint density at radius 1 is 0.391 bits per heavy atom. The first-order valence-corrected chi connectivity index (χ1v) is 16.8. The lowest BCUT2D eigenvalue weighted by atomic mass is 9.65. The molecule has 0 spiro atoms. The molecule has 8 aromatic carbocycles. The second-order valence-corrected chi connectivity index (χ2v) is 13.5. The van der Waals surface area contributed by atoms with E-state index < -0.39 is 5.41 Å². The zero-order valence-electron chi connectivity index (χ0n) is 25.1. The van der Waals surface area contributed by atoms with Crippen LogP contribution >= 0.6 is 11.8 Å². The van der Waals surface area contributed by atoms with Gasteiger partial charge in [-0.1, -0.05) is 157 Å². The first-order chi connectivity index (χ1) is 22.8. The van der Waals surface area contributed by atoms with Crippen LogP contribution in [0, 0.1) is 0 Å². The predicted molar refractivity (Wildman–Crippen MR) is 194 cm³/mol. The molecule has 10 rings (SSSR count). The quantitative estimate of drug-likeness (QED) is 0.194. The van der Waals surface area contributed by atoms with Gasteiger partial charge in [0.05, 0.1) is 5.41 Å². The smallest absolute Gasteiger partial charge is 0.0719 e. The fraction of sp³-hybridized carbons (Fsp3) is 0.0222. The van der Waals surface area contributed by atoms with Gasteiger partial charge < -0.3 is 0 Å². The number of hydrogen-bond acceptors (Lipinski definition) is 1. The van der Waals surface area contributed by atoms with Crippen LogP contribution in [0.1, 0.15) is 22.3 Å². The van der Waals surface area contributed by atoms with Crippen LogP contribution < -0.4 is 0 Å². The topological polar surface area (TPSA) is 0 Å². The van der Waals surface area contributed by atoms with Crippen molar-refractivity contribution in [1.82, 2.24) is 0 Å². The van der Waals surface area contributed by atoms with E-state index in [1.54, 1.807) is 0 Å². The second kappa shape index (κ2) is 9.81. The third kappa shape index (κ3) is 3.47. The summed E-state index contributed by atoms with van der Waals surface area (Å²) < 4.78 is 0. The Labute approximate surface area is 273 Å². The zero-order chi connectivity index (χ0) is 30.2. The summed E-state index contributed by atoms with van der Waals surface area (Å²) in [4.78, 5) is 2.65. The molecule has 0 saturated carbocycles. The van der Waals surface area contributed by atoms with E-state index in [1.807, 2.05) is 11.8 Å². The standard InChI is InChI=1S/C45H28S/c1-2-15-32(16-3-1)45(39-22-10-7-20-36(39)44-34-18-5-4-13-29(34)25-26-40(44)45)38-21-9-6-17-33(38)31-27-30-14-12-24-42-43(30)37(28-31)35-19-8-11-23-41(35)46-42/h1-28H. The summed E-state index contributed by atoms with van der Waals surface area (Å²) in [6.07, 6.45) is 0. The molecule has 0 aromatic heterocycles. The number of hydrogen-bond donors (Lipinski definition) is 0. The summed E-state index contributed by atoms with van der Waals surface area (Å²) in [6, 6.07) is 63.4. The average Bonchev–Trinajstić information content (AvgIpc) is 3.43. The van der Waals surface area contributed by atoms with Crippen molar-refractivity contribution in [1.29, 1.82) is 0 Å². The molecule has 1 heteroatoms. The van der Waals surface area contributed by atoms with Gasteiger partial charge in [-0.3, -0.25) is 0 Å². The third-order valence-corrected chi connectivity index (χ3v) is 11.3. The molecule has 0 saturated heterocycles. The van der Waals surface area contributed by atoms with E-state index in [2.05, 4.69) is 170 Å². The molecule has 0 N–H and O–H groups in total. The van der Waals surface area contributed by atoms with E-state index in [9.17, 15) is 0 Å². The van der Waals surface area contributed by atoms with E-state index in [0.717, 1.165) is 0 Å². The van der Waals surface area contributed by atoms with E-state index in [-0.39, 0.29) is 0 Å². The van der Waals surface area contributed by atoms with Gasteiger partial charge >= 0.3 is 0 Å². The maximum absolute atomic E-state index is 2.45. The van der Waals surface area contributed by atoms with Crippen LogP contribution in [0.4, 0.5) is 0 Å². The molecular formula is C45H28S. The van der Waals surface area contributed by atoms with E-state index in [0.29, 0.717) is 0 Å². The second-order valence-electron chi connectivity index (χ2n) is 12.4. The van der Waals surface area contributed by atoms with Crippen LogP contribution in [-0.2, 0) is 5.41 Å². The van der Waals surface area contributed by atoms with Gasteiger partial charge in [-0.05, 0) is 96.1 Å². The maximum Gasteiger partial charge on any atom is 0.0719 e. The van der Waals surface area contributed by atoms with Gasteiger partial charge in [0.25, 0.3) is 0 Å². The van der Waals surface area contributed by atoms with Crippen LogP contribution in [-0.4, -0.2) is 0 Å². The largest absolute Gasteiger partial charge is 0.0888 e. The molecule has 2 aliphatic rings. The lowest BCUT2D eigenvalue weighted by molar-refractivity contribution is 0.771. The fourth-order valence-corrected chi connectivity index (χ4v) is 9.45. The van der Waals surface area contributed by atoms with E-state index >= 15 is 0 Å². The Bertz CT molecular complexity index is 2510. The highest BCUT2D eigenvalue weighted by molar-refractivity contribution is 7.99. The van der Waals surface area contributed by atoms with Crippen LogP contribution in [0.5, 0.6) is 0 Å². The van der Waals surface area contributed by atoms with Crippen molar-refractivity contribution in [2.45, 2.75) is 15.2 Å². The van der Waals surface area contributed by atoms with Gasteiger partial charge in [0.1, 0.15) is 0 Å². The minimum Gasteiger partial charge on any atom is -0.0888 e. The normalized spacial score (nSPS) is 15.8. The molecule has 0 radical (unpaired) electrons. The number of rotatable bonds is 3. The monoisotopic (exact) mass is 600 g/mol. The highest BCUT2D eigenvalue weighted by Crippen LogP contribution is 2.59. The Morgan fingerprint density at radius 2 is 1.04 bits per heavy atom. The molecular weight excluding hydrogens is 573 g/mol. The molecule has 0 fully saturated rings. The SMILES string of the molecule is c1ccc(C2(c3ccccc3-c3cc4c5c(cccc5c3)Sc3ccccc3-4)c3ccccc3-c3c2ccc2ccccc32)cc1. The molecule has 1 aliphatic carbocycles. The van der Waals surface area contributed by atoms with Gasteiger partial charge in [0, 0.05) is 15.2 Å². The maximum atomic E-state index is 2.45. The van der Waals surface area contributed by atoms with Crippen molar-refractivity contribution < 1.29 is 0 Å². The molecule has 1 atom stereocenters. The average molecular weight is 601 g/mol. The molecule has 1 aliphatic heterocycles. The van der Waals surface area contributed by atoms with Crippen molar-refractivity contribution in [2.75, 3.05) is 0 Å². The first kappa shape index (κ1) is 25.9. The van der Waals surface area contributed by atoms with Gasteiger partial charge in [-0.25, -0.2) is 0 Å². The lowest BCUT2D eigenvalue weighted by Gasteiger charge is -2.36. The summed E-state index contributed by atoms with van der Waals surface area (Å²) in [7, 11) is 0. The lowest BCUT2D eigenvalue weighted by Crippen LogP contribution is -2.29. The van der Waals surface area contributed by atoms with Gasteiger partial charge in [0.2, 0.25) is 0 Å². The fourth-order valence-electron chi connectivity index (χ4n) is 8.30. The highest BCUT2D eigenvalue weighted by Gasteiger charge is 2.47. The molecule has 0 bridgehead atoms. The first-order valence-electron chi connectivity index (χ1n) is 15.9. The zero-order valence-corrected chi connectivity index (χ0v) is 25.9.